The molecule has 3 nitrogen and oxygen atoms in total. The van der Waals surface area contributed by atoms with Gasteiger partial charge in [-0.05, 0) is 18.6 Å². The highest BCUT2D eigenvalue weighted by Crippen LogP contribution is 2.16. The maximum Gasteiger partial charge on any atom is 0.225 e. The maximum absolute atomic E-state index is 11.2. The molecule has 1 aromatic heterocycles. The van der Waals surface area contributed by atoms with Crippen LogP contribution >= 0.6 is 27.5 Å². The molecule has 0 spiro atoms. The summed E-state index contributed by atoms with van der Waals surface area (Å²) in [6.07, 6.45) is 2.01. The van der Waals surface area contributed by atoms with Crippen LogP contribution in [0.4, 0.5) is 5.69 Å². The summed E-state index contributed by atoms with van der Waals surface area (Å²) >= 11 is 8.88. The number of carbonyl (C=O) groups is 1. The standard InChI is InChI=1S/C9H10BrClN2O/c1-6-4-8(11)12-5-7(6)13-9(14)2-3-10/h4-5H,2-3H2,1H3,(H,13,14). The van der Waals surface area contributed by atoms with E-state index in [4.69, 9.17) is 11.6 Å². The number of halogens is 2. The number of anilines is 1. The highest BCUT2D eigenvalue weighted by molar-refractivity contribution is 9.09. The molecule has 0 unspecified atom stereocenters. The number of aromatic nitrogens is 1. The molecular weight excluding hydrogens is 267 g/mol. The number of pyridine rings is 1. The summed E-state index contributed by atoms with van der Waals surface area (Å²) in [5, 5.41) is 3.83. The van der Waals surface area contributed by atoms with Gasteiger partial charge in [0.25, 0.3) is 0 Å². The summed E-state index contributed by atoms with van der Waals surface area (Å²) < 4.78 is 0. The second-order valence-corrected chi connectivity index (χ2v) is 3.99. The first-order valence-electron chi connectivity index (χ1n) is 4.11. The Labute approximate surface area is 96.0 Å². The molecule has 1 amide bonds. The van der Waals surface area contributed by atoms with Gasteiger partial charge in [0.05, 0.1) is 11.9 Å². The van der Waals surface area contributed by atoms with Gasteiger partial charge in [-0.2, -0.15) is 0 Å². The molecule has 0 fully saturated rings. The largest absolute Gasteiger partial charge is 0.324 e. The Kier molecular flexibility index (Phi) is 4.35. The van der Waals surface area contributed by atoms with Crippen molar-refractivity contribution < 1.29 is 4.79 Å². The molecule has 0 aliphatic carbocycles. The summed E-state index contributed by atoms with van der Waals surface area (Å²) in [6.45, 7) is 1.87. The van der Waals surface area contributed by atoms with Gasteiger partial charge in [0.1, 0.15) is 5.15 Å². The lowest BCUT2D eigenvalue weighted by Crippen LogP contribution is -2.12. The van der Waals surface area contributed by atoms with E-state index in [1.807, 2.05) is 6.92 Å². The summed E-state index contributed by atoms with van der Waals surface area (Å²) in [5.41, 5.74) is 1.62. The number of carbonyl (C=O) groups excluding carboxylic acids is 1. The van der Waals surface area contributed by atoms with Crippen molar-refractivity contribution in [3.63, 3.8) is 0 Å². The summed E-state index contributed by atoms with van der Waals surface area (Å²) in [7, 11) is 0. The van der Waals surface area contributed by atoms with Gasteiger partial charge < -0.3 is 5.32 Å². The Morgan fingerprint density at radius 3 is 3.00 bits per heavy atom. The molecule has 0 saturated heterocycles. The zero-order valence-electron chi connectivity index (χ0n) is 7.68. The van der Waals surface area contributed by atoms with Gasteiger partial charge in [0.15, 0.2) is 0 Å². The van der Waals surface area contributed by atoms with Crippen molar-refractivity contribution in [2.24, 2.45) is 0 Å². The summed E-state index contributed by atoms with van der Waals surface area (Å²) in [4.78, 5) is 15.1. The Balaban J connectivity index is 2.72. The van der Waals surface area contributed by atoms with Crippen LogP contribution in [0.2, 0.25) is 5.15 Å². The zero-order valence-corrected chi connectivity index (χ0v) is 10.0. The first-order chi connectivity index (χ1) is 6.63. The maximum atomic E-state index is 11.2. The monoisotopic (exact) mass is 276 g/mol. The number of amides is 1. The molecule has 0 saturated carbocycles. The molecule has 0 aliphatic heterocycles. The molecule has 76 valence electrons. The lowest BCUT2D eigenvalue weighted by atomic mass is 10.2. The van der Waals surface area contributed by atoms with Crippen molar-refractivity contribution in [1.29, 1.82) is 0 Å². The molecule has 0 bridgehead atoms. The van der Waals surface area contributed by atoms with E-state index in [0.29, 0.717) is 22.6 Å². The molecule has 1 heterocycles. The van der Waals surface area contributed by atoms with E-state index in [2.05, 4.69) is 26.2 Å². The number of aryl methyl sites for hydroxylation is 1. The van der Waals surface area contributed by atoms with Crippen LogP contribution in [0.5, 0.6) is 0 Å². The predicted molar refractivity (Wildman–Crippen MR) is 61.0 cm³/mol. The van der Waals surface area contributed by atoms with Crippen molar-refractivity contribution in [2.45, 2.75) is 13.3 Å². The Morgan fingerprint density at radius 1 is 1.71 bits per heavy atom. The van der Waals surface area contributed by atoms with Gasteiger partial charge in [-0.15, -0.1) is 0 Å². The number of nitrogens with one attached hydrogen (secondary N) is 1. The number of hydrogen-bond acceptors (Lipinski definition) is 2. The van der Waals surface area contributed by atoms with Gasteiger partial charge >= 0.3 is 0 Å². The molecule has 0 atom stereocenters. The van der Waals surface area contributed by atoms with E-state index in [9.17, 15) is 4.79 Å². The van der Waals surface area contributed by atoms with E-state index < -0.39 is 0 Å². The summed E-state index contributed by atoms with van der Waals surface area (Å²) in [6, 6.07) is 1.71. The van der Waals surface area contributed by atoms with E-state index in [-0.39, 0.29) is 5.91 Å². The van der Waals surface area contributed by atoms with E-state index in [1.165, 1.54) is 0 Å². The van der Waals surface area contributed by atoms with E-state index in [0.717, 1.165) is 5.56 Å². The number of rotatable bonds is 3. The first-order valence-corrected chi connectivity index (χ1v) is 5.61. The van der Waals surface area contributed by atoms with Crippen LogP contribution in [0.25, 0.3) is 0 Å². The second kappa shape index (κ2) is 5.32. The minimum Gasteiger partial charge on any atom is -0.324 e. The van der Waals surface area contributed by atoms with Gasteiger partial charge in [0.2, 0.25) is 5.91 Å². The average Bonchev–Trinajstić information content (AvgIpc) is 2.10. The lowest BCUT2D eigenvalue weighted by Gasteiger charge is -2.06. The Morgan fingerprint density at radius 2 is 2.43 bits per heavy atom. The summed E-state index contributed by atoms with van der Waals surface area (Å²) in [5.74, 6) is -0.0332. The minimum atomic E-state index is -0.0332. The molecular formula is C9H10BrClN2O. The third-order valence-corrected chi connectivity index (χ3v) is 2.28. The fraction of sp³-hybridized carbons (Fsp3) is 0.333. The van der Waals surface area contributed by atoms with E-state index >= 15 is 0 Å². The van der Waals surface area contributed by atoms with Crippen LogP contribution < -0.4 is 5.32 Å². The van der Waals surface area contributed by atoms with Crippen LogP contribution in [0.3, 0.4) is 0 Å². The van der Waals surface area contributed by atoms with Crippen molar-refractivity contribution in [3.8, 4) is 0 Å². The number of alkyl halides is 1. The van der Waals surface area contributed by atoms with Crippen LogP contribution in [0.1, 0.15) is 12.0 Å². The quantitative estimate of drug-likeness (QED) is 0.682. The smallest absolute Gasteiger partial charge is 0.225 e. The van der Waals surface area contributed by atoms with Gasteiger partial charge in [-0.1, -0.05) is 27.5 Å². The topological polar surface area (TPSA) is 42.0 Å². The molecule has 5 heteroatoms. The average molecular weight is 278 g/mol. The zero-order chi connectivity index (χ0) is 10.6. The molecule has 14 heavy (non-hydrogen) atoms. The lowest BCUT2D eigenvalue weighted by molar-refractivity contribution is -0.115. The molecule has 1 N–H and O–H groups in total. The van der Waals surface area contributed by atoms with Gasteiger partial charge in [-0.25, -0.2) is 4.98 Å². The molecule has 0 aliphatic rings. The van der Waals surface area contributed by atoms with Crippen LogP contribution in [0.15, 0.2) is 12.3 Å². The minimum absolute atomic E-state index is 0.0332. The van der Waals surface area contributed by atoms with E-state index in [1.54, 1.807) is 12.3 Å². The predicted octanol–water partition coefficient (Wildman–Crippen LogP) is 2.77. The van der Waals surface area contributed by atoms with Gasteiger partial charge in [0, 0.05) is 11.8 Å². The van der Waals surface area contributed by atoms with Crippen molar-refractivity contribution >= 4 is 39.1 Å². The fourth-order valence-corrected chi connectivity index (χ4v) is 1.52. The van der Waals surface area contributed by atoms with Crippen molar-refractivity contribution in [1.82, 2.24) is 4.98 Å². The highest BCUT2D eigenvalue weighted by atomic mass is 79.9. The number of hydrogen-bond donors (Lipinski definition) is 1. The molecule has 1 rings (SSSR count). The van der Waals surface area contributed by atoms with Gasteiger partial charge in [-0.3, -0.25) is 4.79 Å². The Hall–Kier alpha value is -0.610. The van der Waals surface area contributed by atoms with Crippen LogP contribution in [-0.4, -0.2) is 16.2 Å². The molecule has 0 radical (unpaired) electrons. The van der Waals surface area contributed by atoms with Crippen LogP contribution in [-0.2, 0) is 4.79 Å². The highest BCUT2D eigenvalue weighted by Gasteiger charge is 2.04. The fourth-order valence-electron chi connectivity index (χ4n) is 0.951. The normalized spacial score (nSPS) is 9.93. The number of nitrogens with zero attached hydrogens (tertiary/aromatic N) is 1. The molecule has 0 aromatic carbocycles. The van der Waals surface area contributed by atoms with Crippen LogP contribution in [0, 0.1) is 6.92 Å². The Bertz CT molecular complexity index is 344. The van der Waals surface area contributed by atoms with Crippen molar-refractivity contribution in [2.75, 3.05) is 10.6 Å². The van der Waals surface area contributed by atoms with Crippen molar-refractivity contribution in [3.05, 3.63) is 23.0 Å². The SMILES string of the molecule is Cc1cc(Cl)ncc1NC(=O)CCBr. The first kappa shape index (κ1) is 11.5. The third kappa shape index (κ3) is 3.27. The molecule has 1 aromatic rings. The third-order valence-electron chi connectivity index (χ3n) is 1.67. The second-order valence-electron chi connectivity index (χ2n) is 2.81.